The molecule has 0 aliphatic carbocycles. The zero-order chi connectivity index (χ0) is 13.1. The van der Waals surface area contributed by atoms with Gasteiger partial charge in [0.05, 0.1) is 0 Å². The van der Waals surface area contributed by atoms with Crippen molar-refractivity contribution in [2.24, 2.45) is 0 Å². The molecule has 0 saturated carbocycles. The number of rotatable bonds is 2. The lowest BCUT2D eigenvalue weighted by Gasteiger charge is -2.07. The molecule has 0 saturated heterocycles. The fourth-order valence-corrected chi connectivity index (χ4v) is 1.63. The van der Waals surface area contributed by atoms with Gasteiger partial charge in [0.2, 0.25) is 0 Å². The van der Waals surface area contributed by atoms with Crippen molar-refractivity contribution in [2.45, 2.75) is 13.8 Å². The Kier molecular flexibility index (Phi) is 3.37. The number of aryl methyl sites for hydroxylation is 2. The number of nitrogens with one attached hydrogen (secondary N) is 1. The lowest BCUT2D eigenvalue weighted by atomic mass is 10.2. The van der Waals surface area contributed by atoms with Crippen LogP contribution in [0.5, 0.6) is 0 Å². The highest BCUT2D eigenvalue weighted by Crippen LogP contribution is 2.13. The number of anilines is 1. The summed E-state index contributed by atoms with van der Waals surface area (Å²) >= 11 is 0. The average molecular weight is 244 g/mol. The molecule has 1 aromatic carbocycles. The number of carbonyl (C=O) groups excluding carboxylic acids is 1. The molecule has 0 fully saturated rings. The summed E-state index contributed by atoms with van der Waals surface area (Å²) in [4.78, 5) is 16.0. The highest BCUT2D eigenvalue weighted by Gasteiger charge is 2.08. The van der Waals surface area contributed by atoms with Gasteiger partial charge < -0.3 is 5.32 Å². The number of hydrogen-bond donors (Lipinski definition) is 1. The molecule has 0 unspecified atom stereocenters. The first kappa shape index (κ1) is 12.2. The monoisotopic (exact) mass is 244 g/mol. The summed E-state index contributed by atoms with van der Waals surface area (Å²) in [7, 11) is 0. The van der Waals surface area contributed by atoms with Crippen LogP contribution in [0, 0.1) is 19.7 Å². The van der Waals surface area contributed by atoms with Gasteiger partial charge in [-0.25, -0.2) is 9.37 Å². The first-order valence-electron chi connectivity index (χ1n) is 5.56. The van der Waals surface area contributed by atoms with Crippen LogP contribution in [0.2, 0.25) is 0 Å². The fraction of sp³-hybridized carbons (Fsp3) is 0.143. The summed E-state index contributed by atoms with van der Waals surface area (Å²) in [6.45, 7) is 3.81. The number of benzene rings is 1. The Balaban J connectivity index is 2.18. The Labute approximate surface area is 105 Å². The van der Waals surface area contributed by atoms with E-state index in [0.717, 1.165) is 11.1 Å². The van der Waals surface area contributed by atoms with Crippen LogP contribution in [0.15, 0.2) is 36.5 Å². The van der Waals surface area contributed by atoms with Gasteiger partial charge in [-0.3, -0.25) is 4.79 Å². The van der Waals surface area contributed by atoms with Gasteiger partial charge in [0.15, 0.2) is 0 Å². The van der Waals surface area contributed by atoms with E-state index in [1.807, 2.05) is 19.9 Å². The standard InChI is InChI=1S/C14H13FN2O/c1-9-7-10(2)13(16-8-9)17-14(18)11-3-5-12(15)6-4-11/h3-8H,1-2H3,(H,16,17,18). The SMILES string of the molecule is Cc1cnc(NC(=O)c2ccc(F)cc2)c(C)c1. The molecule has 0 atom stereocenters. The molecule has 4 heteroatoms. The maximum atomic E-state index is 12.7. The lowest BCUT2D eigenvalue weighted by molar-refractivity contribution is 0.102. The van der Waals surface area contributed by atoms with Crippen LogP contribution in [0.4, 0.5) is 10.2 Å². The van der Waals surface area contributed by atoms with E-state index in [-0.39, 0.29) is 11.7 Å². The van der Waals surface area contributed by atoms with Gasteiger partial charge in [0.1, 0.15) is 11.6 Å². The Morgan fingerprint density at radius 3 is 2.50 bits per heavy atom. The Bertz CT molecular complexity index is 579. The molecule has 1 heterocycles. The predicted octanol–water partition coefficient (Wildman–Crippen LogP) is 3.09. The van der Waals surface area contributed by atoms with Crippen LogP contribution in [-0.2, 0) is 0 Å². The Hall–Kier alpha value is -2.23. The lowest BCUT2D eigenvalue weighted by Crippen LogP contribution is -2.14. The zero-order valence-corrected chi connectivity index (χ0v) is 10.2. The molecule has 0 radical (unpaired) electrons. The number of hydrogen-bond acceptors (Lipinski definition) is 2. The van der Waals surface area contributed by atoms with Crippen molar-refractivity contribution >= 4 is 11.7 Å². The number of carbonyl (C=O) groups is 1. The minimum absolute atomic E-state index is 0.297. The largest absolute Gasteiger partial charge is 0.306 e. The highest BCUT2D eigenvalue weighted by atomic mass is 19.1. The summed E-state index contributed by atoms with van der Waals surface area (Å²) in [6.07, 6.45) is 1.69. The van der Waals surface area contributed by atoms with Crippen molar-refractivity contribution in [1.82, 2.24) is 4.98 Å². The number of nitrogens with zero attached hydrogens (tertiary/aromatic N) is 1. The first-order chi connectivity index (χ1) is 8.56. The molecule has 0 aliphatic heterocycles. The van der Waals surface area contributed by atoms with Gasteiger partial charge in [0, 0.05) is 11.8 Å². The number of pyridine rings is 1. The van der Waals surface area contributed by atoms with Gasteiger partial charge in [-0.2, -0.15) is 0 Å². The number of aromatic nitrogens is 1. The zero-order valence-electron chi connectivity index (χ0n) is 10.2. The van der Waals surface area contributed by atoms with Gasteiger partial charge in [0.25, 0.3) is 5.91 Å². The minimum Gasteiger partial charge on any atom is -0.306 e. The minimum atomic E-state index is -0.365. The van der Waals surface area contributed by atoms with E-state index < -0.39 is 0 Å². The quantitative estimate of drug-likeness (QED) is 0.882. The van der Waals surface area contributed by atoms with E-state index in [4.69, 9.17) is 0 Å². The van der Waals surface area contributed by atoms with Crippen molar-refractivity contribution < 1.29 is 9.18 Å². The second-order valence-corrected chi connectivity index (χ2v) is 4.14. The van der Waals surface area contributed by atoms with Gasteiger partial charge in [-0.15, -0.1) is 0 Å². The van der Waals surface area contributed by atoms with Crippen LogP contribution >= 0.6 is 0 Å². The summed E-state index contributed by atoms with van der Waals surface area (Å²) < 4.78 is 12.7. The third-order valence-corrected chi connectivity index (χ3v) is 2.55. The summed E-state index contributed by atoms with van der Waals surface area (Å²) in [6, 6.07) is 7.32. The summed E-state index contributed by atoms with van der Waals surface area (Å²) in [5.74, 6) is -0.138. The van der Waals surface area contributed by atoms with Crippen LogP contribution < -0.4 is 5.32 Å². The molecule has 92 valence electrons. The first-order valence-corrected chi connectivity index (χ1v) is 5.56. The van der Waals surface area contributed by atoms with Crippen molar-refractivity contribution in [3.8, 4) is 0 Å². The average Bonchev–Trinajstić information content (AvgIpc) is 2.33. The topological polar surface area (TPSA) is 42.0 Å². The molecule has 0 bridgehead atoms. The third kappa shape index (κ3) is 2.71. The highest BCUT2D eigenvalue weighted by molar-refractivity contribution is 6.04. The third-order valence-electron chi connectivity index (χ3n) is 2.55. The van der Waals surface area contributed by atoms with E-state index in [1.54, 1.807) is 6.20 Å². The van der Waals surface area contributed by atoms with Crippen LogP contribution in [0.25, 0.3) is 0 Å². The maximum absolute atomic E-state index is 12.7. The Morgan fingerprint density at radius 1 is 1.22 bits per heavy atom. The molecule has 2 aromatic rings. The molecule has 2 rings (SSSR count). The van der Waals surface area contributed by atoms with E-state index in [2.05, 4.69) is 10.3 Å². The van der Waals surface area contributed by atoms with Crippen molar-refractivity contribution in [1.29, 1.82) is 0 Å². The normalized spacial score (nSPS) is 10.2. The van der Waals surface area contributed by atoms with Crippen molar-refractivity contribution in [3.05, 3.63) is 59.0 Å². The molecule has 1 amide bonds. The molecule has 0 aliphatic rings. The molecule has 1 aromatic heterocycles. The van der Waals surface area contributed by atoms with Gasteiger partial charge >= 0.3 is 0 Å². The van der Waals surface area contributed by atoms with E-state index in [9.17, 15) is 9.18 Å². The van der Waals surface area contributed by atoms with E-state index >= 15 is 0 Å². The van der Waals surface area contributed by atoms with E-state index in [1.165, 1.54) is 24.3 Å². The number of halogens is 1. The predicted molar refractivity (Wildman–Crippen MR) is 68.1 cm³/mol. The van der Waals surface area contributed by atoms with Crippen LogP contribution in [0.3, 0.4) is 0 Å². The van der Waals surface area contributed by atoms with Crippen LogP contribution in [0.1, 0.15) is 21.5 Å². The summed E-state index contributed by atoms with van der Waals surface area (Å²) in [5, 5.41) is 2.70. The van der Waals surface area contributed by atoms with Crippen molar-refractivity contribution in [2.75, 3.05) is 5.32 Å². The van der Waals surface area contributed by atoms with E-state index in [0.29, 0.717) is 11.4 Å². The molecule has 18 heavy (non-hydrogen) atoms. The van der Waals surface area contributed by atoms with Crippen molar-refractivity contribution in [3.63, 3.8) is 0 Å². The Morgan fingerprint density at radius 2 is 1.89 bits per heavy atom. The van der Waals surface area contributed by atoms with Gasteiger partial charge in [-0.05, 0) is 49.2 Å². The second-order valence-electron chi connectivity index (χ2n) is 4.14. The fourth-order valence-electron chi connectivity index (χ4n) is 1.63. The smallest absolute Gasteiger partial charge is 0.256 e. The molecular weight excluding hydrogens is 231 g/mol. The van der Waals surface area contributed by atoms with Gasteiger partial charge in [-0.1, -0.05) is 6.07 Å². The molecule has 3 nitrogen and oxygen atoms in total. The molecule has 1 N–H and O–H groups in total. The maximum Gasteiger partial charge on any atom is 0.256 e. The second kappa shape index (κ2) is 4.96. The van der Waals surface area contributed by atoms with Crippen LogP contribution in [-0.4, -0.2) is 10.9 Å². The summed E-state index contributed by atoms with van der Waals surface area (Å²) in [5.41, 5.74) is 2.33. The number of amides is 1. The molecule has 0 spiro atoms. The molecular formula is C14H13FN2O.